The fourth-order valence-corrected chi connectivity index (χ4v) is 1.47. The molecule has 1 rings (SSSR count). The molecular formula is C11H15NO2. The minimum Gasteiger partial charge on any atom is -0.481 e. The van der Waals surface area contributed by atoms with E-state index in [1.807, 2.05) is 31.2 Å². The first-order valence-electron chi connectivity index (χ1n) is 4.62. The highest BCUT2D eigenvalue weighted by Gasteiger charge is 2.13. The zero-order chi connectivity index (χ0) is 10.6. The number of hydrogen-bond acceptors (Lipinski definition) is 2. The molecule has 3 N–H and O–H groups in total. The lowest BCUT2D eigenvalue weighted by molar-refractivity contribution is -0.137. The van der Waals surface area contributed by atoms with Crippen molar-refractivity contribution in [3.05, 3.63) is 35.4 Å². The van der Waals surface area contributed by atoms with E-state index in [4.69, 9.17) is 10.8 Å². The number of aliphatic carboxylic acids is 1. The van der Waals surface area contributed by atoms with Gasteiger partial charge in [-0.25, -0.2) is 0 Å². The van der Waals surface area contributed by atoms with Crippen molar-refractivity contribution in [2.45, 2.75) is 19.3 Å². The normalized spacial score (nSPS) is 12.4. The molecule has 0 bridgehead atoms. The third-order valence-electron chi connectivity index (χ3n) is 2.22. The highest BCUT2D eigenvalue weighted by atomic mass is 16.4. The van der Waals surface area contributed by atoms with Gasteiger partial charge in [0.1, 0.15) is 0 Å². The largest absolute Gasteiger partial charge is 0.481 e. The maximum atomic E-state index is 10.6. The monoisotopic (exact) mass is 193 g/mol. The molecule has 1 atom stereocenters. The summed E-state index contributed by atoms with van der Waals surface area (Å²) in [5.74, 6) is -0.880. The number of carboxylic acid groups (broad SMARTS) is 1. The van der Waals surface area contributed by atoms with Crippen LogP contribution in [0.25, 0.3) is 0 Å². The SMILES string of the molecule is Cc1cccc([C@H](CN)CC(=O)O)c1. The van der Waals surface area contributed by atoms with Crippen LogP contribution in [-0.4, -0.2) is 17.6 Å². The second-order valence-electron chi connectivity index (χ2n) is 3.44. The van der Waals surface area contributed by atoms with Gasteiger partial charge in [0.15, 0.2) is 0 Å². The first-order valence-corrected chi connectivity index (χ1v) is 4.62. The third-order valence-corrected chi connectivity index (χ3v) is 2.22. The van der Waals surface area contributed by atoms with E-state index in [1.165, 1.54) is 0 Å². The molecule has 76 valence electrons. The lowest BCUT2D eigenvalue weighted by Crippen LogP contribution is -2.16. The minimum absolute atomic E-state index is 0.0765. The van der Waals surface area contributed by atoms with Gasteiger partial charge in [0.05, 0.1) is 6.42 Å². The second kappa shape index (κ2) is 4.77. The highest BCUT2D eigenvalue weighted by molar-refractivity contribution is 5.68. The Morgan fingerprint density at radius 3 is 2.79 bits per heavy atom. The van der Waals surface area contributed by atoms with Gasteiger partial charge < -0.3 is 10.8 Å². The standard InChI is InChI=1S/C11H15NO2/c1-8-3-2-4-9(5-8)10(7-12)6-11(13)14/h2-5,10H,6-7,12H2,1H3,(H,13,14)/t10-/m0/s1. The molecule has 0 aliphatic heterocycles. The topological polar surface area (TPSA) is 63.3 Å². The Kier molecular flexibility index (Phi) is 3.65. The van der Waals surface area contributed by atoms with Crippen LogP contribution in [0, 0.1) is 6.92 Å². The molecule has 1 aromatic rings. The predicted octanol–water partition coefficient (Wildman–Crippen LogP) is 1.51. The third kappa shape index (κ3) is 2.85. The Morgan fingerprint density at radius 1 is 1.57 bits per heavy atom. The Labute approximate surface area is 83.6 Å². The van der Waals surface area contributed by atoms with E-state index in [-0.39, 0.29) is 12.3 Å². The molecule has 3 nitrogen and oxygen atoms in total. The van der Waals surface area contributed by atoms with E-state index in [2.05, 4.69) is 0 Å². The van der Waals surface area contributed by atoms with E-state index in [0.29, 0.717) is 6.54 Å². The molecule has 0 heterocycles. The summed E-state index contributed by atoms with van der Waals surface area (Å²) in [6, 6.07) is 7.82. The number of carboxylic acids is 1. The Bertz CT molecular complexity index is 323. The van der Waals surface area contributed by atoms with Gasteiger partial charge in [-0.1, -0.05) is 29.8 Å². The van der Waals surface area contributed by atoms with Gasteiger partial charge in [-0.15, -0.1) is 0 Å². The maximum Gasteiger partial charge on any atom is 0.304 e. The average molecular weight is 193 g/mol. The van der Waals surface area contributed by atoms with E-state index in [0.717, 1.165) is 11.1 Å². The average Bonchev–Trinajstić information content (AvgIpc) is 2.14. The second-order valence-corrected chi connectivity index (χ2v) is 3.44. The van der Waals surface area contributed by atoms with Crippen LogP contribution in [0.4, 0.5) is 0 Å². The Morgan fingerprint density at radius 2 is 2.29 bits per heavy atom. The molecule has 14 heavy (non-hydrogen) atoms. The summed E-state index contributed by atoms with van der Waals surface area (Å²) in [6.07, 6.45) is 0.0972. The van der Waals surface area contributed by atoms with Crippen molar-refractivity contribution < 1.29 is 9.90 Å². The van der Waals surface area contributed by atoms with Crippen molar-refractivity contribution in [1.29, 1.82) is 0 Å². The summed E-state index contributed by atoms with van der Waals surface area (Å²) in [6.45, 7) is 2.35. The first-order chi connectivity index (χ1) is 6.63. The van der Waals surface area contributed by atoms with E-state index < -0.39 is 5.97 Å². The summed E-state index contributed by atoms with van der Waals surface area (Å²) in [7, 11) is 0. The summed E-state index contributed by atoms with van der Waals surface area (Å²) in [5, 5.41) is 8.69. The molecule has 0 unspecified atom stereocenters. The molecule has 0 aromatic heterocycles. The summed E-state index contributed by atoms with van der Waals surface area (Å²) in [4.78, 5) is 10.6. The molecule has 0 fully saturated rings. The number of hydrogen-bond donors (Lipinski definition) is 2. The van der Waals surface area contributed by atoms with Crippen LogP contribution in [-0.2, 0) is 4.79 Å². The molecular weight excluding hydrogens is 178 g/mol. The number of carbonyl (C=O) groups is 1. The Balaban J connectivity index is 2.83. The van der Waals surface area contributed by atoms with Crippen LogP contribution in [0.15, 0.2) is 24.3 Å². The van der Waals surface area contributed by atoms with Crippen molar-refractivity contribution >= 4 is 5.97 Å². The number of nitrogens with two attached hydrogens (primary N) is 1. The van der Waals surface area contributed by atoms with E-state index >= 15 is 0 Å². The molecule has 0 saturated heterocycles. The molecule has 0 radical (unpaired) electrons. The molecule has 0 spiro atoms. The zero-order valence-corrected chi connectivity index (χ0v) is 8.23. The van der Waals surface area contributed by atoms with Crippen molar-refractivity contribution in [2.75, 3.05) is 6.54 Å². The quantitative estimate of drug-likeness (QED) is 0.761. The van der Waals surface area contributed by atoms with Gasteiger partial charge >= 0.3 is 5.97 Å². The Hall–Kier alpha value is -1.35. The molecule has 0 amide bonds. The van der Waals surface area contributed by atoms with Crippen LogP contribution in [0.3, 0.4) is 0 Å². The highest BCUT2D eigenvalue weighted by Crippen LogP contribution is 2.19. The van der Waals surface area contributed by atoms with Crippen molar-refractivity contribution in [3.63, 3.8) is 0 Å². The zero-order valence-electron chi connectivity index (χ0n) is 8.23. The first kappa shape index (κ1) is 10.7. The fourth-order valence-electron chi connectivity index (χ4n) is 1.47. The van der Waals surface area contributed by atoms with Crippen LogP contribution < -0.4 is 5.73 Å². The number of benzene rings is 1. The predicted molar refractivity (Wildman–Crippen MR) is 55.2 cm³/mol. The van der Waals surface area contributed by atoms with Crippen LogP contribution in [0.1, 0.15) is 23.5 Å². The van der Waals surface area contributed by atoms with Crippen molar-refractivity contribution in [1.82, 2.24) is 0 Å². The molecule has 0 aliphatic rings. The van der Waals surface area contributed by atoms with Gasteiger partial charge in [0.25, 0.3) is 0 Å². The lowest BCUT2D eigenvalue weighted by atomic mass is 9.95. The summed E-state index contributed by atoms with van der Waals surface area (Å²) < 4.78 is 0. The van der Waals surface area contributed by atoms with Gasteiger partial charge in [0, 0.05) is 5.92 Å². The molecule has 3 heteroatoms. The van der Waals surface area contributed by atoms with Crippen LogP contribution >= 0.6 is 0 Å². The number of rotatable bonds is 4. The van der Waals surface area contributed by atoms with Crippen LogP contribution in [0.5, 0.6) is 0 Å². The summed E-state index contributed by atoms with van der Waals surface area (Å²) >= 11 is 0. The van der Waals surface area contributed by atoms with E-state index in [1.54, 1.807) is 0 Å². The summed E-state index contributed by atoms with van der Waals surface area (Å²) in [5.41, 5.74) is 7.68. The van der Waals surface area contributed by atoms with Gasteiger partial charge in [-0.3, -0.25) is 4.79 Å². The van der Waals surface area contributed by atoms with Gasteiger partial charge in [0.2, 0.25) is 0 Å². The molecule has 1 aromatic carbocycles. The number of aryl methyl sites for hydroxylation is 1. The van der Waals surface area contributed by atoms with Crippen LogP contribution in [0.2, 0.25) is 0 Å². The molecule has 0 saturated carbocycles. The minimum atomic E-state index is -0.804. The van der Waals surface area contributed by atoms with Crippen molar-refractivity contribution in [3.8, 4) is 0 Å². The van der Waals surface area contributed by atoms with Crippen molar-refractivity contribution in [2.24, 2.45) is 5.73 Å². The van der Waals surface area contributed by atoms with E-state index in [9.17, 15) is 4.79 Å². The lowest BCUT2D eigenvalue weighted by Gasteiger charge is -2.12. The maximum absolute atomic E-state index is 10.6. The fraction of sp³-hybridized carbons (Fsp3) is 0.364. The molecule has 0 aliphatic carbocycles. The van der Waals surface area contributed by atoms with Gasteiger partial charge in [-0.05, 0) is 19.0 Å². The van der Waals surface area contributed by atoms with Gasteiger partial charge in [-0.2, -0.15) is 0 Å². The smallest absolute Gasteiger partial charge is 0.304 e.